The zero-order chi connectivity index (χ0) is 23.7. The van der Waals surface area contributed by atoms with Gasteiger partial charge in [-0.2, -0.15) is 0 Å². The number of hydrogen-bond acceptors (Lipinski definition) is 5. The molecule has 3 aromatic rings. The topological polar surface area (TPSA) is 108 Å². The molecule has 1 aromatic heterocycles. The number of urea groups is 1. The summed E-state index contributed by atoms with van der Waals surface area (Å²) in [5.74, 6) is -1.05. The van der Waals surface area contributed by atoms with Crippen molar-refractivity contribution < 1.29 is 19.2 Å². The second kappa shape index (κ2) is 8.75. The zero-order valence-electron chi connectivity index (χ0n) is 18.2. The number of fused-ring (bicyclic) bond motifs is 1. The number of nitrogens with one attached hydrogen (secondary N) is 3. The summed E-state index contributed by atoms with van der Waals surface area (Å²) >= 11 is 1.35. The lowest BCUT2D eigenvalue weighted by Crippen LogP contribution is -2.51. The van der Waals surface area contributed by atoms with Crippen LogP contribution in [-0.4, -0.2) is 40.7 Å². The minimum Gasteiger partial charge on any atom is -0.325 e. The molecule has 1 aliphatic carbocycles. The highest BCUT2D eigenvalue weighted by Gasteiger charge is 2.52. The minimum atomic E-state index is -0.992. The Balaban J connectivity index is 1.20. The molecule has 8 nitrogen and oxygen atoms in total. The predicted molar refractivity (Wildman–Crippen MR) is 129 cm³/mol. The normalized spacial score (nSPS) is 19.0. The lowest BCUT2D eigenvalue weighted by molar-refractivity contribution is -0.134. The molecule has 1 unspecified atom stereocenters. The van der Waals surface area contributed by atoms with Crippen molar-refractivity contribution in [2.24, 2.45) is 0 Å². The van der Waals surface area contributed by atoms with Crippen molar-refractivity contribution in [1.82, 2.24) is 10.2 Å². The Labute approximate surface area is 200 Å². The van der Waals surface area contributed by atoms with E-state index in [0.29, 0.717) is 35.5 Å². The fourth-order valence-electron chi connectivity index (χ4n) is 4.43. The van der Waals surface area contributed by atoms with Crippen LogP contribution in [0.25, 0.3) is 0 Å². The smallest absolute Gasteiger partial charge is 0.325 e. The average Bonchev–Trinajstić information content (AvgIpc) is 3.45. The number of carbonyl (C=O) groups is 4. The van der Waals surface area contributed by atoms with E-state index in [0.717, 1.165) is 10.5 Å². The Bertz CT molecular complexity index is 1270. The summed E-state index contributed by atoms with van der Waals surface area (Å²) in [5.41, 5.74) is 2.31. The van der Waals surface area contributed by atoms with Crippen LogP contribution in [0, 0.1) is 0 Å². The fraction of sp³-hybridized carbons (Fsp3) is 0.200. The molecule has 2 heterocycles. The summed E-state index contributed by atoms with van der Waals surface area (Å²) in [4.78, 5) is 52.1. The van der Waals surface area contributed by atoms with E-state index in [-0.39, 0.29) is 18.4 Å². The van der Waals surface area contributed by atoms with Gasteiger partial charge < -0.3 is 16.0 Å². The van der Waals surface area contributed by atoms with Gasteiger partial charge in [0.1, 0.15) is 12.1 Å². The van der Waals surface area contributed by atoms with E-state index in [1.165, 1.54) is 16.9 Å². The Hall–Kier alpha value is -3.98. The maximum absolute atomic E-state index is 13.2. The number of nitrogens with zero attached hydrogens (tertiary/aromatic N) is 1. The summed E-state index contributed by atoms with van der Waals surface area (Å²) in [7, 11) is 0. The lowest BCUT2D eigenvalue weighted by Gasteiger charge is -2.32. The highest BCUT2D eigenvalue weighted by Crippen LogP contribution is 2.33. The van der Waals surface area contributed by atoms with Crippen LogP contribution in [0.1, 0.15) is 27.2 Å². The molecule has 5 rings (SSSR count). The van der Waals surface area contributed by atoms with E-state index in [1.54, 1.807) is 36.4 Å². The monoisotopic (exact) mass is 474 g/mol. The van der Waals surface area contributed by atoms with Gasteiger partial charge in [0.05, 0.1) is 4.88 Å². The highest BCUT2D eigenvalue weighted by molar-refractivity contribution is 7.12. The van der Waals surface area contributed by atoms with E-state index >= 15 is 0 Å². The van der Waals surface area contributed by atoms with Gasteiger partial charge in [-0.05, 0) is 59.7 Å². The molecule has 1 fully saturated rings. The summed E-state index contributed by atoms with van der Waals surface area (Å²) < 4.78 is 0. The number of benzene rings is 2. The van der Waals surface area contributed by atoms with Gasteiger partial charge >= 0.3 is 6.03 Å². The van der Waals surface area contributed by atoms with E-state index in [4.69, 9.17) is 0 Å². The fourth-order valence-corrected chi connectivity index (χ4v) is 5.04. The number of amides is 5. The number of thiophene rings is 1. The van der Waals surface area contributed by atoms with Gasteiger partial charge in [0.25, 0.3) is 11.8 Å². The summed E-state index contributed by atoms with van der Waals surface area (Å²) in [6.07, 6.45) is 1.62. The maximum atomic E-state index is 13.2. The molecule has 0 radical (unpaired) electrons. The van der Waals surface area contributed by atoms with Crippen molar-refractivity contribution in [2.45, 2.75) is 24.8 Å². The molecule has 5 amide bonds. The molecule has 9 heteroatoms. The first kappa shape index (κ1) is 21.8. The standard InChI is InChI=1S/C25H22N4O4S/c30-21(26-18-7-9-19(10-8-18)27-22(31)20-6-3-13-34-20)15-29-23(32)25(28-24(29)33)12-11-16-4-1-2-5-17(16)14-25/h1-10,13H,11-12,14-15H2,(H,26,30)(H,27,31)(H,28,33). The maximum Gasteiger partial charge on any atom is 0.325 e. The van der Waals surface area contributed by atoms with Gasteiger partial charge in [-0.3, -0.25) is 19.3 Å². The first-order chi connectivity index (χ1) is 16.4. The van der Waals surface area contributed by atoms with Crippen molar-refractivity contribution >= 4 is 46.5 Å². The molecule has 0 saturated carbocycles. The third-order valence-corrected chi connectivity index (χ3v) is 7.02. The minimum absolute atomic E-state index is 0.204. The molecule has 0 bridgehead atoms. The molecule has 1 atom stereocenters. The molecule has 172 valence electrons. The van der Waals surface area contributed by atoms with Gasteiger partial charge in [-0.25, -0.2) is 4.79 Å². The van der Waals surface area contributed by atoms with Crippen LogP contribution in [-0.2, 0) is 22.4 Å². The van der Waals surface area contributed by atoms with Crippen LogP contribution in [0.2, 0.25) is 0 Å². The molecule has 2 aromatic carbocycles. The molecule has 3 N–H and O–H groups in total. The number of aryl methyl sites for hydroxylation is 1. The van der Waals surface area contributed by atoms with Gasteiger partial charge in [0, 0.05) is 17.8 Å². The zero-order valence-corrected chi connectivity index (χ0v) is 19.0. The van der Waals surface area contributed by atoms with E-state index in [1.807, 2.05) is 29.6 Å². The van der Waals surface area contributed by atoms with Gasteiger partial charge in [-0.1, -0.05) is 30.3 Å². The second-order valence-electron chi connectivity index (χ2n) is 8.41. The summed E-state index contributed by atoms with van der Waals surface area (Å²) in [5, 5.41) is 10.2. The van der Waals surface area contributed by atoms with Gasteiger partial charge in [0.2, 0.25) is 5.91 Å². The highest BCUT2D eigenvalue weighted by atomic mass is 32.1. The third-order valence-electron chi connectivity index (χ3n) is 6.15. The molecular weight excluding hydrogens is 452 g/mol. The van der Waals surface area contributed by atoms with Crippen LogP contribution >= 0.6 is 11.3 Å². The van der Waals surface area contributed by atoms with Crippen LogP contribution in [0.15, 0.2) is 66.0 Å². The van der Waals surface area contributed by atoms with Crippen LogP contribution in [0.5, 0.6) is 0 Å². The molecule has 1 spiro atoms. The second-order valence-corrected chi connectivity index (χ2v) is 9.35. The molecule has 34 heavy (non-hydrogen) atoms. The van der Waals surface area contributed by atoms with Crippen molar-refractivity contribution in [2.75, 3.05) is 17.2 Å². The van der Waals surface area contributed by atoms with Crippen LogP contribution in [0.3, 0.4) is 0 Å². The Kier molecular flexibility index (Phi) is 5.62. The predicted octanol–water partition coefficient (Wildman–Crippen LogP) is 3.42. The van der Waals surface area contributed by atoms with E-state index in [2.05, 4.69) is 16.0 Å². The largest absolute Gasteiger partial charge is 0.325 e. The van der Waals surface area contributed by atoms with Crippen LogP contribution < -0.4 is 16.0 Å². The lowest BCUT2D eigenvalue weighted by atomic mass is 9.78. The third kappa shape index (κ3) is 4.17. The SMILES string of the molecule is O=C(CN1C(=O)NC2(CCc3ccccc3C2)C1=O)Nc1ccc(NC(=O)c2cccs2)cc1. The van der Waals surface area contributed by atoms with Crippen molar-refractivity contribution in [3.63, 3.8) is 0 Å². The first-order valence-electron chi connectivity index (χ1n) is 10.9. The molecular formula is C25H22N4O4S. The quantitative estimate of drug-likeness (QED) is 0.493. The Morgan fingerprint density at radius 3 is 2.35 bits per heavy atom. The Morgan fingerprint density at radius 1 is 0.941 bits per heavy atom. The first-order valence-corrected chi connectivity index (χ1v) is 11.8. The van der Waals surface area contributed by atoms with Gasteiger partial charge in [0.15, 0.2) is 0 Å². The van der Waals surface area contributed by atoms with Crippen molar-refractivity contribution in [3.05, 3.63) is 82.0 Å². The van der Waals surface area contributed by atoms with Crippen molar-refractivity contribution in [3.8, 4) is 0 Å². The van der Waals surface area contributed by atoms with Crippen molar-refractivity contribution in [1.29, 1.82) is 0 Å². The van der Waals surface area contributed by atoms with Gasteiger partial charge in [-0.15, -0.1) is 11.3 Å². The molecule has 2 aliphatic rings. The Morgan fingerprint density at radius 2 is 1.65 bits per heavy atom. The number of hydrogen-bond donors (Lipinski definition) is 3. The van der Waals surface area contributed by atoms with Crippen LogP contribution in [0.4, 0.5) is 16.2 Å². The van der Waals surface area contributed by atoms with E-state index in [9.17, 15) is 19.2 Å². The number of imide groups is 1. The summed E-state index contributed by atoms with van der Waals surface area (Å²) in [6, 6.07) is 17.5. The van der Waals surface area contributed by atoms with E-state index < -0.39 is 17.5 Å². The number of carbonyl (C=O) groups excluding carboxylic acids is 4. The number of anilines is 2. The summed E-state index contributed by atoms with van der Waals surface area (Å²) in [6.45, 7) is -0.370. The molecule has 1 aliphatic heterocycles. The number of rotatable bonds is 5. The average molecular weight is 475 g/mol. The molecule has 1 saturated heterocycles.